The second-order valence-corrected chi connectivity index (χ2v) is 8.27. The van der Waals surface area contributed by atoms with Crippen molar-refractivity contribution in [2.24, 2.45) is 0 Å². The van der Waals surface area contributed by atoms with Gasteiger partial charge in [0, 0.05) is 11.4 Å². The standard InChI is InChI=1S/C24H25N3O3S/c1-4-27(14-16-5-9-18(29-2)10-6-16)15-22-25-20-13-21(31-23(20)24(28)26-22)17-7-11-19(30-3)12-8-17/h5-13H,4,14-15H2,1-3H3,(H,25,26,28). The molecule has 31 heavy (non-hydrogen) atoms. The largest absolute Gasteiger partial charge is 0.497 e. The first kappa shape index (κ1) is 21.1. The van der Waals surface area contributed by atoms with E-state index in [0.717, 1.165) is 40.5 Å². The Balaban J connectivity index is 1.56. The molecule has 0 atom stereocenters. The van der Waals surface area contributed by atoms with Gasteiger partial charge in [-0.3, -0.25) is 9.69 Å². The highest BCUT2D eigenvalue weighted by Gasteiger charge is 2.13. The molecule has 4 aromatic rings. The molecule has 0 aliphatic rings. The Morgan fingerprint density at radius 2 is 1.61 bits per heavy atom. The van der Waals surface area contributed by atoms with Gasteiger partial charge in [0.1, 0.15) is 22.0 Å². The summed E-state index contributed by atoms with van der Waals surface area (Å²) in [6.45, 7) is 4.28. The highest BCUT2D eigenvalue weighted by molar-refractivity contribution is 7.22. The van der Waals surface area contributed by atoms with Crippen LogP contribution in [0, 0.1) is 0 Å². The first-order valence-electron chi connectivity index (χ1n) is 10.1. The van der Waals surface area contributed by atoms with Crippen LogP contribution in [0.2, 0.25) is 0 Å². The third-order valence-electron chi connectivity index (χ3n) is 5.19. The number of fused-ring (bicyclic) bond motifs is 1. The van der Waals surface area contributed by atoms with Crippen molar-refractivity contribution in [1.29, 1.82) is 0 Å². The van der Waals surface area contributed by atoms with Gasteiger partial charge >= 0.3 is 0 Å². The monoisotopic (exact) mass is 435 g/mol. The van der Waals surface area contributed by atoms with E-state index in [1.54, 1.807) is 14.2 Å². The number of aromatic amines is 1. The highest BCUT2D eigenvalue weighted by Crippen LogP contribution is 2.31. The number of thiophene rings is 1. The minimum Gasteiger partial charge on any atom is -0.497 e. The van der Waals surface area contributed by atoms with Gasteiger partial charge in [-0.25, -0.2) is 4.98 Å². The van der Waals surface area contributed by atoms with Crippen LogP contribution in [-0.4, -0.2) is 35.6 Å². The number of benzene rings is 2. The predicted octanol–water partition coefficient (Wildman–Crippen LogP) is 4.69. The molecule has 4 rings (SSSR count). The SMILES string of the molecule is CCN(Cc1ccc(OC)cc1)Cc1nc2cc(-c3ccc(OC)cc3)sc2c(=O)[nH]1. The van der Waals surface area contributed by atoms with Crippen LogP contribution in [0.5, 0.6) is 11.5 Å². The number of H-pyrrole nitrogens is 1. The normalized spacial score (nSPS) is 11.2. The van der Waals surface area contributed by atoms with E-state index >= 15 is 0 Å². The molecule has 0 saturated carbocycles. The summed E-state index contributed by atoms with van der Waals surface area (Å²) in [6.07, 6.45) is 0. The van der Waals surface area contributed by atoms with E-state index in [4.69, 9.17) is 14.5 Å². The lowest BCUT2D eigenvalue weighted by atomic mass is 10.2. The maximum Gasteiger partial charge on any atom is 0.268 e. The highest BCUT2D eigenvalue weighted by atomic mass is 32.1. The molecule has 2 aromatic heterocycles. The number of ether oxygens (including phenoxy) is 2. The molecule has 6 nitrogen and oxygen atoms in total. The Kier molecular flexibility index (Phi) is 6.34. The molecule has 2 aromatic carbocycles. The van der Waals surface area contributed by atoms with E-state index in [1.807, 2.05) is 42.5 Å². The van der Waals surface area contributed by atoms with E-state index < -0.39 is 0 Å². The molecular formula is C24H25N3O3S. The number of rotatable bonds is 8. The van der Waals surface area contributed by atoms with Crippen LogP contribution in [0.15, 0.2) is 59.4 Å². The van der Waals surface area contributed by atoms with Crippen molar-refractivity contribution in [3.8, 4) is 21.9 Å². The summed E-state index contributed by atoms with van der Waals surface area (Å²) in [6, 6.07) is 17.8. The lowest BCUT2D eigenvalue weighted by Gasteiger charge is -2.20. The lowest BCUT2D eigenvalue weighted by molar-refractivity contribution is 0.264. The molecule has 0 amide bonds. The van der Waals surface area contributed by atoms with Gasteiger partial charge in [0.05, 0.1) is 26.3 Å². The van der Waals surface area contributed by atoms with Crippen LogP contribution in [-0.2, 0) is 13.1 Å². The zero-order valence-electron chi connectivity index (χ0n) is 17.8. The van der Waals surface area contributed by atoms with Gasteiger partial charge in [-0.1, -0.05) is 19.1 Å². The zero-order chi connectivity index (χ0) is 21.8. The Labute approximate surface area is 185 Å². The van der Waals surface area contributed by atoms with Crippen LogP contribution in [0.25, 0.3) is 20.7 Å². The van der Waals surface area contributed by atoms with E-state index in [9.17, 15) is 4.79 Å². The molecule has 0 bridgehead atoms. The number of aromatic nitrogens is 2. The maximum atomic E-state index is 12.7. The molecule has 2 heterocycles. The fourth-order valence-electron chi connectivity index (χ4n) is 3.44. The fourth-order valence-corrected chi connectivity index (χ4v) is 4.44. The summed E-state index contributed by atoms with van der Waals surface area (Å²) in [4.78, 5) is 23.7. The topological polar surface area (TPSA) is 67.5 Å². The zero-order valence-corrected chi connectivity index (χ0v) is 18.7. The van der Waals surface area contributed by atoms with Gasteiger partial charge in [-0.15, -0.1) is 11.3 Å². The minimum atomic E-state index is -0.0923. The smallest absolute Gasteiger partial charge is 0.268 e. The summed E-state index contributed by atoms with van der Waals surface area (Å²) in [5.41, 5.74) is 2.86. The Bertz CT molecular complexity index is 1210. The van der Waals surface area contributed by atoms with Gasteiger partial charge in [0.25, 0.3) is 5.56 Å². The van der Waals surface area contributed by atoms with Gasteiger partial charge in [-0.2, -0.15) is 0 Å². The Hall–Kier alpha value is -3.16. The van der Waals surface area contributed by atoms with Gasteiger partial charge in [0.15, 0.2) is 0 Å². The molecule has 0 radical (unpaired) electrons. The van der Waals surface area contributed by atoms with Crippen molar-refractivity contribution in [1.82, 2.24) is 14.9 Å². The van der Waals surface area contributed by atoms with Crippen molar-refractivity contribution < 1.29 is 9.47 Å². The predicted molar refractivity (Wildman–Crippen MR) is 125 cm³/mol. The summed E-state index contributed by atoms with van der Waals surface area (Å²) in [5.74, 6) is 2.32. The first-order chi connectivity index (χ1) is 15.1. The summed E-state index contributed by atoms with van der Waals surface area (Å²) >= 11 is 1.46. The van der Waals surface area contributed by atoms with Crippen LogP contribution in [0.3, 0.4) is 0 Å². The molecule has 160 valence electrons. The van der Waals surface area contributed by atoms with Crippen LogP contribution < -0.4 is 15.0 Å². The number of nitrogens with zero attached hydrogens (tertiary/aromatic N) is 2. The molecular weight excluding hydrogens is 410 g/mol. The molecule has 7 heteroatoms. The third kappa shape index (κ3) is 4.78. The van der Waals surface area contributed by atoms with Crippen LogP contribution >= 0.6 is 11.3 Å². The molecule has 0 fully saturated rings. The fraction of sp³-hybridized carbons (Fsp3) is 0.250. The van der Waals surface area contributed by atoms with Crippen molar-refractivity contribution in [2.45, 2.75) is 20.0 Å². The number of hydrogen-bond donors (Lipinski definition) is 1. The molecule has 0 aliphatic carbocycles. The average Bonchev–Trinajstić information content (AvgIpc) is 3.24. The number of hydrogen-bond acceptors (Lipinski definition) is 6. The molecule has 0 saturated heterocycles. The number of methoxy groups -OCH3 is 2. The van der Waals surface area contributed by atoms with Gasteiger partial charge in [-0.05, 0) is 60.1 Å². The van der Waals surface area contributed by atoms with E-state index in [-0.39, 0.29) is 5.56 Å². The first-order valence-corrected chi connectivity index (χ1v) is 10.9. The number of nitrogens with one attached hydrogen (secondary N) is 1. The summed E-state index contributed by atoms with van der Waals surface area (Å²) < 4.78 is 11.1. The lowest BCUT2D eigenvalue weighted by Crippen LogP contribution is -2.25. The second-order valence-electron chi connectivity index (χ2n) is 7.22. The van der Waals surface area contributed by atoms with E-state index in [1.165, 1.54) is 16.9 Å². The van der Waals surface area contributed by atoms with Crippen molar-refractivity contribution >= 4 is 21.6 Å². The van der Waals surface area contributed by atoms with Crippen molar-refractivity contribution in [3.05, 3.63) is 76.3 Å². The van der Waals surface area contributed by atoms with Crippen molar-refractivity contribution in [2.75, 3.05) is 20.8 Å². The van der Waals surface area contributed by atoms with Crippen LogP contribution in [0.4, 0.5) is 0 Å². The summed E-state index contributed by atoms with van der Waals surface area (Å²) in [5, 5.41) is 0. The van der Waals surface area contributed by atoms with Gasteiger partial charge in [0.2, 0.25) is 0 Å². The molecule has 0 spiro atoms. The van der Waals surface area contributed by atoms with Crippen molar-refractivity contribution in [3.63, 3.8) is 0 Å². The molecule has 0 aliphatic heterocycles. The third-order valence-corrected chi connectivity index (χ3v) is 6.36. The van der Waals surface area contributed by atoms with E-state index in [2.05, 4.69) is 28.9 Å². The summed E-state index contributed by atoms with van der Waals surface area (Å²) in [7, 11) is 3.31. The second kappa shape index (κ2) is 9.32. The van der Waals surface area contributed by atoms with Crippen LogP contribution in [0.1, 0.15) is 18.3 Å². The Morgan fingerprint density at radius 1 is 0.968 bits per heavy atom. The molecule has 0 unspecified atom stereocenters. The quantitative estimate of drug-likeness (QED) is 0.435. The van der Waals surface area contributed by atoms with Gasteiger partial charge < -0.3 is 14.5 Å². The maximum absolute atomic E-state index is 12.7. The van der Waals surface area contributed by atoms with E-state index in [0.29, 0.717) is 17.1 Å². The minimum absolute atomic E-state index is 0.0923. The average molecular weight is 436 g/mol. The Morgan fingerprint density at radius 3 is 2.23 bits per heavy atom. The molecule has 1 N–H and O–H groups in total.